The highest BCUT2D eigenvalue weighted by molar-refractivity contribution is 7.92. The second kappa shape index (κ2) is 5.62. The third kappa shape index (κ3) is 2.93. The van der Waals surface area contributed by atoms with Gasteiger partial charge in [0.05, 0.1) is 10.6 Å². The third-order valence-electron chi connectivity index (χ3n) is 3.38. The molecule has 0 saturated carbocycles. The molecule has 114 valence electrons. The molecule has 3 aromatic rings. The van der Waals surface area contributed by atoms with E-state index in [1.54, 1.807) is 11.4 Å². The Morgan fingerprint density at radius 2 is 1.82 bits per heavy atom. The zero-order valence-corrected chi connectivity index (χ0v) is 13.9. The predicted molar refractivity (Wildman–Crippen MR) is 90.4 cm³/mol. The van der Waals surface area contributed by atoms with E-state index in [9.17, 15) is 8.42 Å². The molecule has 0 aliphatic carbocycles. The summed E-state index contributed by atoms with van der Waals surface area (Å²) in [6.45, 7) is 3.78. The standard InChI is InChI=1S/C16H16N2O2S2/c1-12-5-6-14(18-7-3-4-8-18)10-16(12)17-22(19,20)15-9-13(2)21-11-15/h3-11,17H,1-2H3. The Bertz CT molecular complexity index is 894. The summed E-state index contributed by atoms with van der Waals surface area (Å²) in [5.41, 5.74) is 2.39. The number of benzene rings is 1. The largest absolute Gasteiger partial charge is 0.324 e. The summed E-state index contributed by atoms with van der Waals surface area (Å²) in [6.07, 6.45) is 3.84. The first-order chi connectivity index (χ1) is 10.5. The maximum atomic E-state index is 12.5. The van der Waals surface area contributed by atoms with Crippen LogP contribution < -0.4 is 4.72 Å². The summed E-state index contributed by atoms with van der Waals surface area (Å²) in [5.74, 6) is 0. The lowest BCUT2D eigenvalue weighted by atomic mass is 10.2. The average Bonchev–Trinajstić information content (AvgIpc) is 3.12. The molecule has 0 fully saturated rings. The molecule has 1 aromatic carbocycles. The number of hydrogen-bond donors (Lipinski definition) is 1. The van der Waals surface area contributed by atoms with E-state index in [-0.39, 0.29) is 0 Å². The van der Waals surface area contributed by atoms with Crippen LogP contribution >= 0.6 is 11.3 Å². The van der Waals surface area contributed by atoms with Crippen LogP contribution in [0.4, 0.5) is 5.69 Å². The van der Waals surface area contributed by atoms with Crippen molar-refractivity contribution in [3.05, 3.63) is 64.6 Å². The molecule has 0 aliphatic rings. The van der Waals surface area contributed by atoms with Gasteiger partial charge in [-0.1, -0.05) is 6.07 Å². The molecule has 0 radical (unpaired) electrons. The van der Waals surface area contributed by atoms with Crippen molar-refractivity contribution < 1.29 is 8.42 Å². The van der Waals surface area contributed by atoms with Gasteiger partial charge < -0.3 is 4.57 Å². The Morgan fingerprint density at radius 1 is 1.09 bits per heavy atom. The Kier molecular flexibility index (Phi) is 3.80. The molecule has 6 heteroatoms. The number of anilines is 1. The van der Waals surface area contributed by atoms with E-state index in [0.29, 0.717) is 10.6 Å². The number of aryl methyl sites for hydroxylation is 2. The Morgan fingerprint density at radius 3 is 2.45 bits per heavy atom. The third-order valence-corrected chi connectivity index (χ3v) is 5.74. The fourth-order valence-corrected chi connectivity index (χ4v) is 4.40. The fourth-order valence-electron chi connectivity index (χ4n) is 2.15. The van der Waals surface area contributed by atoms with Gasteiger partial charge in [0.15, 0.2) is 0 Å². The molecular formula is C16H16N2O2S2. The van der Waals surface area contributed by atoms with E-state index in [2.05, 4.69) is 4.72 Å². The van der Waals surface area contributed by atoms with Crippen LogP contribution in [0.1, 0.15) is 10.4 Å². The van der Waals surface area contributed by atoms with Gasteiger partial charge in [-0.05, 0) is 49.7 Å². The normalized spacial score (nSPS) is 11.5. The molecule has 3 rings (SSSR count). The molecule has 0 aliphatic heterocycles. The van der Waals surface area contributed by atoms with E-state index >= 15 is 0 Å². The van der Waals surface area contributed by atoms with Gasteiger partial charge in [0.1, 0.15) is 0 Å². The monoisotopic (exact) mass is 332 g/mol. The second-order valence-electron chi connectivity index (χ2n) is 5.09. The summed E-state index contributed by atoms with van der Waals surface area (Å²) < 4.78 is 29.5. The van der Waals surface area contributed by atoms with Crippen molar-refractivity contribution in [3.8, 4) is 5.69 Å². The van der Waals surface area contributed by atoms with Gasteiger partial charge in [0.2, 0.25) is 0 Å². The highest BCUT2D eigenvalue weighted by atomic mass is 32.2. The Balaban J connectivity index is 1.97. The van der Waals surface area contributed by atoms with Gasteiger partial charge >= 0.3 is 0 Å². The molecule has 22 heavy (non-hydrogen) atoms. The van der Waals surface area contributed by atoms with E-state index in [1.165, 1.54) is 11.3 Å². The van der Waals surface area contributed by atoms with Crippen molar-refractivity contribution in [1.82, 2.24) is 4.57 Å². The lowest BCUT2D eigenvalue weighted by Gasteiger charge is -2.12. The molecule has 4 nitrogen and oxygen atoms in total. The van der Waals surface area contributed by atoms with Crippen LogP contribution in [0.15, 0.2) is 59.1 Å². The second-order valence-corrected chi connectivity index (χ2v) is 7.89. The van der Waals surface area contributed by atoms with Gasteiger partial charge in [-0.25, -0.2) is 8.42 Å². The minimum absolute atomic E-state index is 0.306. The number of nitrogens with zero attached hydrogens (tertiary/aromatic N) is 1. The van der Waals surface area contributed by atoms with Crippen molar-refractivity contribution in [1.29, 1.82) is 0 Å². The Labute approximate surface area is 134 Å². The van der Waals surface area contributed by atoms with Crippen LogP contribution in [0.2, 0.25) is 0 Å². The highest BCUT2D eigenvalue weighted by Gasteiger charge is 2.17. The molecule has 0 atom stereocenters. The minimum atomic E-state index is -3.55. The number of rotatable bonds is 4. The number of sulfonamides is 1. The minimum Gasteiger partial charge on any atom is -0.324 e. The topological polar surface area (TPSA) is 51.1 Å². The van der Waals surface area contributed by atoms with Gasteiger partial charge in [0.25, 0.3) is 10.0 Å². The first-order valence-electron chi connectivity index (χ1n) is 6.78. The number of hydrogen-bond acceptors (Lipinski definition) is 3. The first-order valence-corrected chi connectivity index (χ1v) is 9.14. The van der Waals surface area contributed by atoms with E-state index in [4.69, 9.17) is 0 Å². The van der Waals surface area contributed by atoms with Crippen LogP contribution in [-0.2, 0) is 10.0 Å². The van der Waals surface area contributed by atoms with E-state index in [0.717, 1.165) is 16.1 Å². The Hall–Kier alpha value is -2.05. The van der Waals surface area contributed by atoms with E-state index < -0.39 is 10.0 Å². The van der Waals surface area contributed by atoms with Crippen LogP contribution in [0.5, 0.6) is 0 Å². The molecule has 0 bridgehead atoms. The summed E-state index contributed by atoms with van der Waals surface area (Å²) >= 11 is 1.42. The quantitative estimate of drug-likeness (QED) is 0.786. The number of thiophene rings is 1. The van der Waals surface area contributed by atoms with Gasteiger partial charge in [-0.15, -0.1) is 11.3 Å². The zero-order chi connectivity index (χ0) is 15.7. The van der Waals surface area contributed by atoms with Crippen molar-refractivity contribution in [3.63, 3.8) is 0 Å². The maximum Gasteiger partial charge on any atom is 0.262 e. The van der Waals surface area contributed by atoms with Crippen LogP contribution in [0, 0.1) is 13.8 Å². The van der Waals surface area contributed by atoms with Crippen molar-refractivity contribution in [2.24, 2.45) is 0 Å². The number of aromatic nitrogens is 1. The first kappa shape index (κ1) is 14.9. The molecule has 1 N–H and O–H groups in total. The molecule has 0 amide bonds. The molecule has 2 heterocycles. The molecule has 2 aromatic heterocycles. The maximum absolute atomic E-state index is 12.5. The molecule has 0 spiro atoms. The average molecular weight is 332 g/mol. The summed E-state index contributed by atoms with van der Waals surface area (Å²) in [6, 6.07) is 11.2. The van der Waals surface area contributed by atoms with Gasteiger partial charge in [0, 0.05) is 28.3 Å². The van der Waals surface area contributed by atoms with Gasteiger partial charge in [-0.2, -0.15) is 0 Å². The zero-order valence-electron chi connectivity index (χ0n) is 12.3. The van der Waals surface area contributed by atoms with Crippen molar-refractivity contribution >= 4 is 27.0 Å². The van der Waals surface area contributed by atoms with Crippen LogP contribution in [-0.4, -0.2) is 13.0 Å². The lowest BCUT2D eigenvalue weighted by molar-refractivity contribution is 0.601. The van der Waals surface area contributed by atoms with Crippen LogP contribution in [0.25, 0.3) is 5.69 Å². The SMILES string of the molecule is Cc1cc(S(=O)(=O)Nc2cc(-n3cccc3)ccc2C)cs1. The summed E-state index contributed by atoms with van der Waals surface area (Å²) in [4.78, 5) is 1.28. The smallest absolute Gasteiger partial charge is 0.262 e. The van der Waals surface area contributed by atoms with Crippen LogP contribution in [0.3, 0.4) is 0 Å². The van der Waals surface area contributed by atoms with Gasteiger partial charge in [-0.3, -0.25) is 4.72 Å². The summed E-state index contributed by atoms with van der Waals surface area (Å²) in [7, 11) is -3.55. The lowest BCUT2D eigenvalue weighted by Crippen LogP contribution is -2.13. The predicted octanol–water partition coefficient (Wildman–Crippen LogP) is 3.96. The van der Waals surface area contributed by atoms with E-state index in [1.807, 2.05) is 61.1 Å². The number of nitrogens with one attached hydrogen (secondary N) is 1. The summed E-state index contributed by atoms with van der Waals surface area (Å²) in [5, 5.41) is 1.66. The van der Waals surface area contributed by atoms with Crippen molar-refractivity contribution in [2.75, 3.05) is 4.72 Å². The fraction of sp³-hybridized carbons (Fsp3) is 0.125. The molecular weight excluding hydrogens is 316 g/mol. The highest BCUT2D eigenvalue weighted by Crippen LogP contribution is 2.25. The molecule has 0 saturated heterocycles. The molecule has 0 unspecified atom stereocenters. The van der Waals surface area contributed by atoms with Crippen molar-refractivity contribution in [2.45, 2.75) is 18.7 Å².